The van der Waals surface area contributed by atoms with E-state index in [-0.39, 0.29) is 10.6 Å². The molecule has 0 bridgehead atoms. The summed E-state index contributed by atoms with van der Waals surface area (Å²) >= 11 is 0. The zero-order valence-corrected chi connectivity index (χ0v) is 18.5. The van der Waals surface area contributed by atoms with Gasteiger partial charge in [0.1, 0.15) is 0 Å². The number of nitrogens with zero attached hydrogens (tertiary/aromatic N) is 3. The molecule has 3 aromatic rings. The number of carbonyl (C=O) groups excluding carboxylic acids is 1. The van der Waals surface area contributed by atoms with Crippen LogP contribution in [0.1, 0.15) is 30.3 Å². The summed E-state index contributed by atoms with van der Waals surface area (Å²) in [6.07, 6.45) is 3.37. The van der Waals surface area contributed by atoms with Crippen LogP contribution in [0.25, 0.3) is 5.69 Å². The van der Waals surface area contributed by atoms with Crippen LogP contribution in [0, 0.1) is 5.92 Å². The lowest BCUT2D eigenvalue weighted by Crippen LogP contribution is -2.39. The summed E-state index contributed by atoms with van der Waals surface area (Å²) in [5.41, 5.74) is 0.323. The van der Waals surface area contributed by atoms with E-state index in [0.717, 1.165) is 12.8 Å². The molecule has 2 aromatic carbocycles. The van der Waals surface area contributed by atoms with Crippen LogP contribution in [0.4, 0.5) is 5.69 Å². The van der Waals surface area contributed by atoms with E-state index in [1.54, 1.807) is 12.1 Å². The van der Waals surface area contributed by atoms with E-state index in [0.29, 0.717) is 30.4 Å². The second-order valence-electron chi connectivity index (χ2n) is 7.90. The summed E-state index contributed by atoms with van der Waals surface area (Å²) in [6.45, 7) is 3.07. The molecule has 0 unspecified atom stereocenters. The summed E-state index contributed by atoms with van der Waals surface area (Å²) in [5.74, 6) is -0.337. The summed E-state index contributed by atoms with van der Waals surface area (Å²) < 4.78 is 28.7. The first kappa shape index (κ1) is 21.9. The van der Waals surface area contributed by atoms with Gasteiger partial charge in [-0.15, -0.1) is 0 Å². The highest BCUT2D eigenvalue weighted by atomic mass is 32.2. The average molecular weight is 453 g/mol. The highest BCUT2D eigenvalue weighted by molar-refractivity contribution is 7.89. The number of rotatable bonds is 5. The number of anilines is 1. The van der Waals surface area contributed by atoms with Crippen molar-refractivity contribution in [3.05, 3.63) is 82.8 Å². The molecule has 0 saturated carbocycles. The predicted octanol–water partition coefficient (Wildman–Crippen LogP) is 2.91. The van der Waals surface area contributed by atoms with E-state index in [1.807, 2.05) is 25.1 Å². The number of carbonyl (C=O) groups is 1. The third-order valence-corrected chi connectivity index (χ3v) is 7.29. The zero-order valence-electron chi connectivity index (χ0n) is 17.6. The van der Waals surface area contributed by atoms with Gasteiger partial charge in [-0.25, -0.2) is 13.1 Å². The van der Waals surface area contributed by atoms with Gasteiger partial charge < -0.3 is 5.32 Å². The maximum Gasteiger partial charge on any atom is 0.280 e. The number of hydrogen-bond acceptors (Lipinski definition) is 5. The Morgan fingerprint density at radius 1 is 1.06 bits per heavy atom. The van der Waals surface area contributed by atoms with Crippen LogP contribution in [0.15, 0.2) is 76.6 Å². The second-order valence-corrected chi connectivity index (χ2v) is 9.84. The fourth-order valence-electron chi connectivity index (χ4n) is 3.70. The minimum atomic E-state index is -3.58. The van der Waals surface area contributed by atoms with Crippen LogP contribution >= 0.6 is 0 Å². The maximum absolute atomic E-state index is 12.9. The molecule has 4 rings (SSSR count). The van der Waals surface area contributed by atoms with Crippen LogP contribution in [-0.4, -0.2) is 41.5 Å². The molecule has 9 heteroatoms. The molecule has 1 fully saturated rings. The van der Waals surface area contributed by atoms with Crippen molar-refractivity contribution < 1.29 is 13.2 Å². The normalized spacial score (nSPS) is 17.1. The first-order valence-corrected chi connectivity index (χ1v) is 11.9. The lowest BCUT2D eigenvalue weighted by atomic mass is 10.0. The van der Waals surface area contributed by atoms with Gasteiger partial charge in [0, 0.05) is 31.0 Å². The number of hydrogen-bond donors (Lipinski definition) is 1. The van der Waals surface area contributed by atoms with Crippen molar-refractivity contribution in [2.45, 2.75) is 24.7 Å². The molecule has 1 aliphatic heterocycles. The molecule has 2 heterocycles. The molecule has 0 radical (unpaired) electrons. The van der Waals surface area contributed by atoms with Crippen molar-refractivity contribution in [3.8, 4) is 5.69 Å². The molecule has 32 heavy (non-hydrogen) atoms. The van der Waals surface area contributed by atoms with Gasteiger partial charge in [-0.3, -0.25) is 9.59 Å². The summed E-state index contributed by atoms with van der Waals surface area (Å²) in [5, 5.41) is 6.77. The number of piperidine rings is 1. The Morgan fingerprint density at radius 2 is 1.78 bits per heavy atom. The van der Waals surface area contributed by atoms with Crippen LogP contribution in [0.2, 0.25) is 0 Å². The third-order valence-electron chi connectivity index (χ3n) is 5.41. The second kappa shape index (κ2) is 9.05. The standard InChI is InChI=1S/C23H24N4O4S/c1-17-6-5-14-26(16-17)32(30,31)20-11-9-18(10-12-20)24-23(29)22-21(28)13-15-27(25-22)19-7-3-2-4-8-19/h2-4,7-13,15,17H,5-6,14,16H2,1H3,(H,24,29)/t17-/m1/s1. The quantitative estimate of drug-likeness (QED) is 0.641. The van der Waals surface area contributed by atoms with Crippen molar-refractivity contribution in [2.75, 3.05) is 18.4 Å². The number of nitrogens with one attached hydrogen (secondary N) is 1. The maximum atomic E-state index is 12.9. The SMILES string of the molecule is C[C@@H]1CCCN(S(=O)(=O)c2ccc(NC(=O)c3nn(-c4ccccc4)ccc3=O)cc2)C1. The molecule has 1 aliphatic rings. The van der Waals surface area contributed by atoms with E-state index in [1.165, 1.54) is 45.5 Å². The Kier molecular flexibility index (Phi) is 6.20. The van der Waals surface area contributed by atoms with Crippen molar-refractivity contribution >= 4 is 21.6 Å². The monoisotopic (exact) mass is 452 g/mol. The molecular formula is C23H24N4O4S. The van der Waals surface area contributed by atoms with E-state index in [4.69, 9.17) is 0 Å². The van der Waals surface area contributed by atoms with E-state index in [9.17, 15) is 18.0 Å². The van der Waals surface area contributed by atoms with Gasteiger partial charge >= 0.3 is 0 Å². The van der Waals surface area contributed by atoms with Gasteiger partial charge in [0.05, 0.1) is 10.6 Å². The first-order valence-electron chi connectivity index (χ1n) is 10.4. The summed E-state index contributed by atoms with van der Waals surface area (Å²) in [7, 11) is -3.58. The average Bonchev–Trinajstić information content (AvgIpc) is 2.80. The molecule has 0 spiro atoms. The minimum absolute atomic E-state index is 0.175. The van der Waals surface area contributed by atoms with E-state index in [2.05, 4.69) is 10.4 Å². The lowest BCUT2D eigenvalue weighted by Gasteiger charge is -2.30. The molecule has 0 aliphatic carbocycles. The Morgan fingerprint density at radius 3 is 2.47 bits per heavy atom. The van der Waals surface area contributed by atoms with Gasteiger partial charge in [-0.1, -0.05) is 25.1 Å². The summed E-state index contributed by atoms with van der Waals surface area (Å²) in [4.78, 5) is 25.0. The highest BCUT2D eigenvalue weighted by Gasteiger charge is 2.28. The van der Waals surface area contributed by atoms with E-state index < -0.39 is 21.4 Å². The largest absolute Gasteiger partial charge is 0.320 e. The molecule has 1 atom stereocenters. The topological polar surface area (TPSA) is 101 Å². The van der Waals surface area contributed by atoms with Crippen molar-refractivity contribution in [1.82, 2.24) is 14.1 Å². The molecule has 8 nitrogen and oxygen atoms in total. The predicted molar refractivity (Wildman–Crippen MR) is 121 cm³/mol. The summed E-state index contributed by atoms with van der Waals surface area (Å²) in [6, 6.07) is 16.4. The van der Waals surface area contributed by atoms with Gasteiger partial charge in [0.15, 0.2) is 5.69 Å². The number of benzene rings is 2. The lowest BCUT2D eigenvalue weighted by molar-refractivity contribution is 0.101. The van der Waals surface area contributed by atoms with Crippen molar-refractivity contribution in [2.24, 2.45) is 5.92 Å². The highest BCUT2D eigenvalue weighted by Crippen LogP contribution is 2.24. The van der Waals surface area contributed by atoms with Gasteiger partial charge in [-0.05, 0) is 55.2 Å². The fourth-order valence-corrected chi connectivity index (χ4v) is 5.30. The smallest absolute Gasteiger partial charge is 0.280 e. The first-order chi connectivity index (χ1) is 15.3. The Labute approximate surface area is 186 Å². The van der Waals surface area contributed by atoms with Crippen molar-refractivity contribution in [1.29, 1.82) is 0 Å². The number of sulfonamides is 1. The zero-order chi connectivity index (χ0) is 22.7. The van der Waals surface area contributed by atoms with Crippen molar-refractivity contribution in [3.63, 3.8) is 0 Å². The minimum Gasteiger partial charge on any atom is -0.320 e. The van der Waals surface area contributed by atoms with E-state index >= 15 is 0 Å². The van der Waals surface area contributed by atoms with Crippen LogP contribution in [-0.2, 0) is 10.0 Å². The number of para-hydroxylation sites is 1. The number of amides is 1. The number of aromatic nitrogens is 2. The van der Waals surface area contributed by atoms with Gasteiger partial charge in [-0.2, -0.15) is 9.40 Å². The molecule has 1 aromatic heterocycles. The third kappa shape index (κ3) is 4.63. The Balaban J connectivity index is 1.52. The van der Waals surface area contributed by atoms with Crippen LogP contribution in [0.3, 0.4) is 0 Å². The Hall–Kier alpha value is -3.30. The van der Waals surface area contributed by atoms with Gasteiger partial charge in [0.2, 0.25) is 15.5 Å². The molecule has 1 amide bonds. The van der Waals surface area contributed by atoms with Crippen LogP contribution in [0.5, 0.6) is 0 Å². The molecule has 1 saturated heterocycles. The molecule has 1 N–H and O–H groups in total. The molecular weight excluding hydrogens is 428 g/mol. The Bertz CT molecular complexity index is 1270. The van der Waals surface area contributed by atoms with Gasteiger partial charge in [0.25, 0.3) is 5.91 Å². The van der Waals surface area contributed by atoms with Crippen LogP contribution < -0.4 is 10.7 Å². The fraction of sp³-hybridized carbons (Fsp3) is 0.261. The molecule has 166 valence electrons.